The summed E-state index contributed by atoms with van der Waals surface area (Å²) in [6.45, 7) is 2.21. The van der Waals surface area contributed by atoms with Gasteiger partial charge in [0.25, 0.3) is 11.8 Å². The van der Waals surface area contributed by atoms with E-state index in [4.69, 9.17) is 11.6 Å². The van der Waals surface area contributed by atoms with Gasteiger partial charge in [0.1, 0.15) is 5.70 Å². The summed E-state index contributed by atoms with van der Waals surface area (Å²) in [4.78, 5) is 28.3. The Morgan fingerprint density at radius 2 is 1.48 bits per heavy atom. The van der Waals surface area contributed by atoms with Crippen molar-refractivity contribution in [1.82, 2.24) is 4.90 Å². The monoisotopic (exact) mass is 452 g/mol. The molecule has 0 atom stereocenters. The lowest BCUT2D eigenvalue weighted by Crippen LogP contribution is -2.32. The minimum atomic E-state index is -0.349. The van der Waals surface area contributed by atoms with Gasteiger partial charge in [-0.2, -0.15) is 0 Å². The number of nitrogens with zero attached hydrogens (tertiary/aromatic N) is 1. The smallest absolute Gasteiger partial charge is 0.278 e. The molecule has 33 heavy (non-hydrogen) atoms. The van der Waals surface area contributed by atoms with Crippen molar-refractivity contribution >= 4 is 45.4 Å². The molecule has 1 aliphatic heterocycles. The van der Waals surface area contributed by atoms with E-state index in [0.29, 0.717) is 16.2 Å². The number of fused-ring (bicyclic) bond motifs is 1. The number of imide groups is 1. The van der Waals surface area contributed by atoms with Crippen molar-refractivity contribution in [1.29, 1.82) is 0 Å². The van der Waals surface area contributed by atoms with Crippen LogP contribution in [0, 0.1) is 6.92 Å². The van der Waals surface area contributed by atoms with E-state index in [2.05, 4.69) is 5.32 Å². The van der Waals surface area contributed by atoms with Crippen molar-refractivity contribution in [2.75, 3.05) is 5.32 Å². The Morgan fingerprint density at radius 3 is 2.24 bits per heavy atom. The summed E-state index contributed by atoms with van der Waals surface area (Å²) in [6.07, 6.45) is 0. The normalized spacial score (nSPS) is 13.8. The highest BCUT2D eigenvalue weighted by Gasteiger charge is 2.39. The van der Waals surface area contributed by atoms with Crippen molar-refractivity contribution in [3.05, 3.63) is 118 Å². The lowest BCUT2D eigenvalue weighted by atomic mass is 10.0. The summed E-state index contributed by atoms with van der Waals surface area (Å²) in [5, 5.41) is 5.87. The van der Waals surface area contributed by atoms with E-state index in [1.165, 1.54) is 4.90 Å². The van der Waals surface area contributed by atoms with Crippen LogP contribution in [-0.4, -0.2) is 16.7 Å². The fourth-order valence-electron chi connectivity index (χ4n) is 4.07. The second kappa shape index (κ2) is 8.57. The molecule has 5 heteroatoms. The van der Waals surface area contributed by atoms with Crippen LogP contribution in [0.15, 0.2) is 96.7 Å². The topological polar surface area (TPSA) is 49.4 Å². The molecule has 0 aromatic heterocycles. The first kappa shape index (κ1) is 21.0. The van der Waals surface area contributed by atoms with E-state index in [1.807, 2.05) is 73.7 Å². The summed E-state index contributed by atoms with van der Waals surface area (Å²) in [5.41, 5.74) is 4.04. The standard InChI is InChI=1S/C28H21ClN2O2/c1-18-9-11-19(12-10-18)17-31-27(32)25(21-13-15-22(29)16-14-21)26(28(31)33)30-24-8-4-6-20-5-2-3-7-23(20)24/h2-16,30H,17H2,1H3. The molecule has 4 nitrogen and oxygen atoms in total. The summed E-state index contributed by atoms with van der Waals surface area (Å²) in [5.74, 6) is -0.677. The summed E-state index contributed by atoms with van der Waals surface area (Å²) < 4.78 is 0. The number of hydrogen-bond acceptors (Lipinski definition) is 3. The van der Waals surface area contributed by atoms with Crippen LogP contribution >= 0.6 is 11.6 Å². The van der Waals surface area contributed by atoms with Crippen LogP contribution in [0.2, 0.25) is 5.02 Å². The molecule has 0 bridgehead atoms. The molecule has 0 aliphatic carbocycles. The molecule has 4 aromatic carbocycles. The van der Waals surface area contributed by atoms with E-state index in [0.717, 1.165) is 27.6 Å². The maximum Gasteiger partial charge on any atom is 0.278 e. The van der Waals surface area contributed by atoms with Gasteiger partial charge in [-0.05, 0) is 41.6 Å². The van der Waals surface area contributed by atoms with Gasteiger partial charge >= 0.3 is 0 Å². The molecule has 1 heterocycles. The fourth-order valence-corrected chi connectivity index (χ4v) is 4.19. The Bertz CT molecular complexity index is 1400. The van der Waals surface area contributed by atoms with E-state index >= 15 is 0 Å². The van der Waals surface area contributed by atoms with Gasteiger partial charge < -0.3 is 5.32 Å². The quantitative estimate of drug-likeness (QED) is 0.367. The Morgan fingerprint density at radius 1 is 0.788 bits per heavy atom. The maximum absolute atomic E-state index is 13.5. The van der Waals surface area contributed by atoms with Crippen LogP contribution in [-0.2, 0) is 16.1 Å². The molecule has 162 valence electrons. The third-order valence-corrected chi connectivity index (χ3v) is 6.06. The van der Waals surface area contributed by atoms with Gasteiger partial charge in [0.15, 0.2) is 0 Å². The molecular formula is C28H21ClN2O2. The number of anilines is 1. The highest BCUT2D eigenvalue weighted by Crippen LogP contribution is 2.34. The molecule has 1 aliphatic rings. The van der Waals surface area contributed by atoms with Crippen LogP contribution in [0.25, 0.3) is 16.3 Å². The lowest BCUT2D eigenvalue weighted by Gasteiger charge is -2.16. The number of hydrogen-bond donors (Lipinski definition) is 1. The van der Waals surface area contributed by atoms with Gasteiger partial charge in [-0.1, -0.05) is 90.0 Å². The van der Waals surface area contributed by atoms with Crippen LogP contribution < -0.4 is 5.32 Å². The average Bonchev–Trinajstić information content (AvgIpc) is 3.05. The number of carbonyl (C=O) groups excluding carboxylic acids is 2. The molecular weight excluding hydrogens is 432 g/mol. The van der Waals surface area contributed by atoms with Gasteiger partial charge in [0.2, 0.25) is 0 Å². The Kier molecular flexibility index (Phi) is 5.45. The lowest BCUT2D eigenvalue weighted by molar-refractivity contribution is -0.137. The number of amides is 2. The number of halogens is 1. The highest BCUT2D eigenvalue weighted by atomic mass is 35.5. The van der Waals surface area contributed by atoms with Crippen LogP contribution in [0.4, 0.5) is 5.69 Å². The number of aryl methyl sites for hydroxylation is 1. The zero-order valence-electron chi connectivity index (χ0n) is 18.0. The fraction of sp³-hybridized carbons (Fsp3) is 0.0714. The van der Waals surface area contributed by atoms with Crippen LogP contribution in [0.1, 0.15) is 16.7 Å². The zero-order valence-corrected chi connectivity index (χ0v) is 18.8. The van der Waals surface area contributed by atoms with Crippen molar-refractivity contribution in [3.8, 4) is 0 Å². The molecule has 0 radical (unpaired) electrons. The maximum atomic E-state index is 13.5. The number of rotatable bonds is 5. The molecule has 4 aromatic rings. The Labute approximate surface area is 197 Å². The molecule has 1 N–H and O–H groups in total. The molecule has 5 rings (SSSR count). The van der Waals surface area contributed by atoms with Crippen molar-refractivity contribution in [3.63, 3.8) is 0 Å². The predicted molar refractivity (Wildman–Crippen MR) is 133 cm³/mol. The zero-order chi connectivity index (χ0) is 22.9. The minimum Gasteiger partial charge on any atom is -0.350 e. The number of nitrogens with one attached hydrogen (secondary N) is 1. The van der Waals surface area contributed by atoms with Crippen molar-refractivity contribution < 1.29 is 9.59 Å². The average molecular weight is 453 g/mol. The van der Waals surface area contributed by atoms with E-state index < -0.39 is 0 Å². The molecule has 0 saturated heterocycles. The van der Waals surface area contributed by atoms with E-state index in [9.17, 15) is 9.59 Å². The predicted octanol–water partition coefficient (Wildman–Crippen LogP) is 6.19. The first-order valence-electron chi connectivity index (χ1n) is 10.7. The van der Waals surface area contributed by atoms with Gasteiger partial charge in [0.05, 0.1) is 12.1 Å². The van der Waals surface area contributed by atoms with E-state index in [1.54, 1.807) is 24.3 Å². The first-order valence-corrected chi connectivity index (χ1v) is 11.1. The number of benzene rings is 4. The van der Waals surface area contributed by atoms with Crippen molar-refractivity contribution in [2.24, 2.45) is 0 Å². The minimum absolute atomic E-state index is 0.204. The second-order valence-corrected chi connectivity index (χ2v) is 8.53. The Balaban J connectivity index is 1.58. The largest absolute Gasteiger partial charge is 0.350 e. The highest BCUT2D eigenvalue weighted by molar-refractivity contribution is 6.37. The first-order chi connectivity index (χ1) is 16.0. The van der Waals surface area contributed by atoms with Gasteiger partial charge in [0, 0.05) is 16.1 Å². The molecule has 0 saturated carbocycles. The molecule has 0 unspecified atom stereocenters. The summed E-state index contributed by atoms with van der Waals surface area (Å²) >= 11 is 6.07. The van der Waals surface area contributed by atoms with Gasteiger partial charge in [-0.3, -0.25) is 14.5 Å². The molecule has 2 amide bonds. The van der Waals surface area contributed by atoms with Crippen LogP contribution in [0.3, 0.4) is 0 Å². The molecule has 0 spiro atoms. The van der Waals surface area contributed by atoms with Gasteiger partial charge in [-0.25, -0.2) is 0 Å². The Hall–Kier alpha value is -3.89. The van der Waals surface area contributed by atoms with E-state index in [-0.39, 0.29) is 24.1 Å². The van der Waals surface area contributed by atoms with Crippen molar-refractivity contribution in [2.45, 2.75) is 13.5 Å². The second-order valence-electron chi connectivity index (χ2n) is 8.09. The SMILES string of the molecule is Cc1ccc(CN2C(=O)C(Nc3cccc4ccccc34)=C(c3ccc(Cl)cc3)C2=O)cc1. The number of carbonyl (C=O) groups is 2. The third-order valence-electron chi connectivity index (χ3n) is 5.81. The van der Waals surface area contributed by atoms with Crippen LogP contribution in [0.5, 0.6) is 0 Å². The summed E-state index contributed by atoms with van der Waals surface area (Å²) in [7, 11) is 0. The summed E-state index contributed by atoms with van der Waals surface area (Å²) in [6, 6.07) is 28.6. The third kappa shape index (κ3) is 4.01. The van der Waals surface area contributed by atoms with Gasteiger partial charge in [-0.15, -0.1) is 0 Å². The molecule has 0 fully saturated rings.